The maximum atomic E-state index is 8.35. The Kier molecular flexibility index (Phi) is 18.9. The van der Waals surface area contributed by atoms with Gasteiger partial charge in [-0.3, -0.25) is 0 Å². The quantitative estimate of drug-likeness (QED) is 0.448. The van der Waals surface area contributed by atoms with E-state index >= 15 is 0 Å². The first-order chi connectivity index (χ1) is 5.83. The van der Waals surface area contributed by atoms with Gasteiger partial charge < -0.3 is 0 Å². The summed E-state index contributed by atoms with van der Waals surface area (Å²) in [4.78, 5) is 16.7. The summed E-state index contributed by atoms with van der Waals surface area (Å²) in [6.07, 6.45) is 5.91. The number of isocyanates is 2. The van der Waals surface area contributed by atoms with Crippen molar-refractivity contribution >= 4 is 23.9 Å². The monoisotopic (exact) mass is 188 g/mol. The highest BCUT2D eigenvalue weighted by Crippen LogP contribution is 2.14. The summed E-state index contributed by atoms with van der Waals surface area (Å²) < 4.78 is 0. The van der Waals surface area contributed by atoms with E-state index in [9.17, 15) is 0 Å². The normalized spacial score (nSPS) is 13.3. The van der Waals surface area contributed by atoms with Gasteiger partial charge in [0.1, 0.15) is 0 Å². The fourth-order valence-corrected chi connectivity index (χ4v) is 1.71. The second kappa shape index (κ2) is 16.6. The third-order valence-electron chi connectivity index (χ3n) is 1.08. The highest BCUT2D eigenvalue weighted by Gasteiger charge is 1.95. The molecular weight excluding hydrogens is 176 g/mol. The Morgan fingerprint density at radius 3 is 1.33 bits per heavy atom. The number of nitrogens with one attached hydrogen (secondary N) is 2. The maximum Gasteiger partial charge on any atom is 0.231 e. The SMILES string of the molecule is C1CCSCC1.N=C=O.N=C=O. The molecule has 0 bridgehead atoms. The van der Waals surface area contributed by atoms with E-state index in [0.29, 0.717) is 0 Å². The standard InChI is InChI=1S/C5H10S.2CHNO/c1-2-4-6-5-3-1;2*2-1-3/h1-5H2;2*2H. The number of thioether (sulfide) groups is 1. The Morgan fingerprint density at radius 2 is 1.25 bits per heavy atom. The molecule has 4 nitrogen and oxygen atoms in total. The molecule has 0 unspecified atom stereocenters. The first kappa shape index (κ1) is 13.7. The molecular formula is C7H12N2O2S. The molecule has 0 aromatic carbocycles. The highest BCUT2D eigenvalue weighted by molar-refractivity contribution is 7.99. The predicted octanol–water partition coefficient (Wildman–Crippen LogP) is 1.71. The summed E-state index contributed by atoms with van der Waals surface area (Å²) >= 11 is 2.09. The van der Waals surface area contributed by atoms with Crippen LogP contribution in [0.5, 0.6) is 0 Å². The van der Waals surface area contributed by atoms with E-state index < -0.39 is 0 Å². The van der Waals surface area contributed by atoms with Crippen molar-refractivity contribution in [3.63, 3.8) is 0 Å². The van der Waals surface area contributed by atoms with Gasteiger partial charge in [0.05, 0.1) is 0 Å². The van der Waals surface area contributed by atoms with E-state index in [1.165, 1.54) is 30.8 Å². The van der Waals surface area contributed by atoms with Gasteiger partial charge in [0.25, 0.3) is 0 Å². The maximum absolute atomic E-state index is 8.35. The minimum Gasteiger partial charge on any atom is -0.222 e. The van der Waals surface area contributed by atoms with E-state index in [1.807, 2.05) is 0 Å². The first-order valence-electron chi connectivity index (χ1n) is 3.49. The van der Waals surface area contributed by atoms with E-state index in [4.69, 9.17) is 20.4 Å². The van der Waals surface area contributed by atoms with Crippen LogP contribution >= 0.6 is 11.8 Å². The minimum atomic E-state index is 0.750. The Morgan fingerprint density at radius 1 is 0.917 bits per heavy atom. The van der Waals surface area contributed by atoms with Gasteiger partial charge in [0.2, 0.25) is 12.2 Å². The van der Waals surface area contributed by atoms with Gasteiger partial charge in [-0.1, -0.05) is 6.42 Å². The Bertz CT molecular complexity index is 122. The van der Waals surface area contributed by atoms with Gasteiger partial charge in [0.15, 0.2) is 0 Å². The molecule has 0 aromatic rings. The Balaban J connectivity index is 0. The summed E-state index contributed by atoms with van der Waals surface area (Å²) in [5.74, 6) is 2.83. The van der Waals surface area contributed by atoms with Crippen LogP contribution in [-0.4, -0.2) is 23.7 Å². The molecule has 1 aliphatic heterocycles. The van der Waals surface area contributed by atoms with Crippen molar-refractivity contribution in [2.24, 2.45) is 0 Å². The molecule has 0 amide bonds. The molecule has 0 atom stereocenters. The molecule has 0 radical (unpaired) electrons. The van der Waals surface area contributed by atoms with Crippen LogP contribution in [0.3, 0.4) is 0 Å². The van der Waals surface area contributed by atoms with Gasteiger partial charge in [-0.15, -0.1) is 0 Å². The Labute approximate surface area is 75.8 Å². The van der Waals surface area contributed by atoms with Crippen LogP contribution < -0.4 is 0 Å². The fraction of sp³-hybridized carbons (Fsp3) is 0.714. The summed E-state index contributed by atoms with van der Waals surface area (Å²) in [7, 11) is 0. The first-order valence-corrected chi connectivity index (χ1v) is 4.64. The smallest absolute Gasteiger partial charge is 0.222 e. The summed E-state index contributed by atoms with van der Waals surface area (Å²) in [6, 6.07) is 0. The molecule has 0 aromatic heterocycles. The topological polar surface area (TPSA) is 81.8 Å². The van der Waals surface area contributed by atoms with E-state index in [0.717, 1.165) is 12.2 Å². The van der Waals surface area contributed by atoms with Crippen LogP contribution in [0, 0.1) is 10.8 Å². The highest BCUT2D eigenvalue weighted by atomic mass is 32.2. The molecule has 1 fully saturated rings. The number of rotatable bonds is 0. The third-order valence-corrected chi connectivity index (χ3v) is 2.23. The average molecular weight is 188 g/mol. The van der Waals surface area contributed by atoms with Gasteiger partial charge >= 0.3 is 0 Å². The molecule has 12 heavy (non-hydrogen) atoms. The van der Waals surface area contributed by atoms with Crippen molar-refractivity contribution in [3.8, 4) is 0 Å². The van der Waals surface area contributed by atoms with Crippen molar-refractivity contribution in [2.45, 2.75) is 19.3 Å². The number of hydrogen-bond acceptors (Lipinski definition) is 5. The fourth-order valence-electron chi connectivity index (χ4n) is 0.687. The summed E-state index contributed by atoms with van der Waals surface area (Å²) in [5.41, 5.74) is 0. The number of hydrogen-bond donors (Lipinski definition) is 2. The molecule has 1 heterocycles. The van der Waals surface area contributed by atoms with E-state index in [-0.39, 0.29) is 0 Å². The average Bonchev–Trinajstić information content (AvgIpc) is 2.10. The van der Waals surface area contributed by atoms with Crippen molar-refractivity contribution in [1.82, 2.24) is 0 Å². The molecule has 1 saturated heterocycles. The van der Waals surface area contributed by atoms with Crippen molar-refractivity contribution < 1.29 is 9.59 Å². The van der Waals surface area contributed by atoms with Crippen LogP contribution in [0.4, 0.5) is 0 Å². The van der Waals surface area contributed by atoms with Crippen LogP contribution in [0.25, 0.3) is 0 Å². The van der Waals surface area contributed by atoms with Crippen molar-refractivity contribution in [2.75, 3.05) is 11.5 Å². The second-order valence-corrected chi connectivity index (χ2v) is 3.10. The van der Waals surface area contributed by atoms with Gasteiger partial charge in [-0.05, 0) is 24.3 Å². The van der Waals surface area contributed by atoms with Crippen molar-refractivity contribution in [3.05, 3.63) is 0 Å². The minimum absolute atomic E-state index is 0.750. The van der Waals surface area contributed by atoms with Crippen LogP contribution in [-0.2, 0) is 9.59 Å². The molecule has 0 saturated carbocycles. The zero-order chi connectivity index (χ0) is 9.66. The lowest BCUT2D eigenvalue weighted by molar-refractivity contribution is 0.562. The lowest BCUT2D eigenvalue weighted by Crippen LogP contribution is -1.91. The van der Waals surface area contributed by atoms with Crippen molar-refractivity contribution in [1.29, 1.82) is 10.8 Å². The molecule has 1 aliphatic rings. The largest absolute Gasteiger partial charge is 0.231 e. The molecule has 0 spiro atoms. The van der Waals surface area contributed by atoms with Gasteiger partial charge in [-0.25, -0.2) is 20.4 Å². The summed E-state index contributed by atoms with van der Waals surface area (Å²) in [5, 5.41) is 10.8. The molecule has 1 rings (SSSR count). The molecule has 0 aliphatic carbocycles. The van der Waals surface area contributed by atoms with Gasteiger partial charge in [0, 0.05) is 0 Å². The zero-order valence-electron chi connectivity index (χ0n) is 6.76. The van der Waals surface area contributed by atoms with Gasteiger partial charge in [-0.2, -0.15) is 11.8 Å². The van der Waals surface area contributed by atoms with E-state index in [2.05, 4.69) is 11.8 Å². The predicted molar refractivity (Wildman–Crippen MR) is 48.0 cm³/mol. The summed E-state index contributed by atoms with van der Waals surface area (Å²) in [6.45, 7) is 0. The number of carbonyl (C=O) groups excluding carboxylic acids is 2. The van der Waals surface area contributed by atoms with E-state index in [1.54, 1.807) is 0 Å². The van der Waals surface area contributed by atoms with Crippen LogP contribution in [0.1, 0.15) is 19.3 Å². The third kappa shape index (κ3) is 22.9. The zero-order valence-corrected chi connectivity index (χ0v) is 7.58. The second-order valence-electron chi connectivity index (χ2n) is 1.88. The van der Waals surface area contributed by atoms with Crippen LogP contribution in [0.2, 0.25) is 0 Å². The molecule has 5 heteroatoms. The lowest BCUT2D eigenvalue weighted by atomic mass is 10.3. The molecule has 2 N–H and O–H groups in total. The van der Waals surface area contributed by atoms with Crippen LogP contribution in [0.15, 0.2) is 0 Å². The lowest BCUT2D eigenvalue weighted by Gasteiger charge is -2.05. The Hall–Kier alpha value is -0.890. The molecule has 68 valence electrons.